The number of carbonyl (C=O) groups is 1. The Balaban J connectivity index is 1.98. The zero-order chi connectivity index (χ0) is 21.8. The average molecular weight is 421 g/mol. The Morgan fingerprint density at radius 3 is 2.87 bits per heavy atom. The van der Waals surface area contributed by atoms with Crippen LogP contribution >= 0.6 is 0 Å². The van der Waals surface area contributed by atoms with Crippen molar-refractivity contribution in [2.75, 3.05) is 33.4 Å². The van der Waals surface area contributed by atoms with Gasteiger partial charge in [-0.1, -0.05) is 19.1 Å². The van der Waals surface area contributed by atoms with Gasteiger partial charge in [0.1, 0.15) is 18.5 Å². The lowest BCUT2D eigenvalue weighted by Gasteiger charge is -2.25. The molecule has 2 aromatic rings. The number of aliphatic hydroxyl groups is 1. The lowest BCUT2D eigenvalue weighted by molar-refractivity contribution is -0.147. The van der Waals surface area contributed by atoms with Gasteiger partial charge < -0.3 is 19.1 Å². The molecule has 1 aromatic heterocycles. The van der Waals surface area contributed by atoms with E-state index in [0.717, 1.165) is 30.6 Å². The van der Waals surface area contributed by atoms with E-state index < -0.39 is 6.10 Å². The minimum absolute atomic E-state index is 0.0100. The van der Waals surface area contributed by atoms with E-state index in [0.29, 0.717) is 32.7 Å². The lowest BCUT2D eigenvalue weighted by Crippen LogP contribution is -2.36. The second-order valence-electron chi connectivity index (χ2n) is 7.43. The van der Waals surface area contributed by atoms with Crippen LogP contribution in [0.15, 0.2) is 42.6 Å². The van der Waals surface area contributed by atoms with Crippen LogP contribution in [0, 0.1) is 5.82 Å². The number of nitrogens with zero attached hydrogens (tertiary/aromatic N) is 2. The largest absolute Gasteiger partial charge is 0.463 e. The van der Waals surface area contributed by atoms with Crippen LogP contribution in [0.3, 0.4) is 0 Å². The number of rotatable bonds is 14. The summed E-state index contributed by atoms with van der Waals surface area (Å²) in [7, 11) is 1.66. The monoisotopic (exact) mass is 420 g/mol. The highest BCUT2D eigenvalue weighted by Crippen LogP contribution is 2.13. The predicted octanol–water partition coefficient (Wildman–Crippen LogP) is 3.22. The van der Waals surface area contributed by atoms with Crippen LogP contribution in [0.25, 0.3) is 0 Å². The summed E-state index contributed by atoms with van der Waals surface area (Å²) in [6.07, 6.45) is 3.11. The Bertz CT molecular complexity index is 765. The summed E-state index contributed by atoms with van der Waals surface area (Å²) in [5, 5.41) is 10.4. The van der Waals surface area contributed by atoms with Crippen LogP contribution < -0.4 is 0 Å². The van der Waals surface area contributed by atoms with Crippen molar-refractivity contribution in [1.29, 1.82) is 0 Å². The molecule has 1 atom stereocenters. The molecule has 0 spiro atoms. The SMILES string of the molecule is CCCC(=O)OC[C@H](O)CN(CCCOC)Cc1cccn1Cc1cccc(F)c1. The summed E-state index contributed by atoms with van der Waals surface area (Å²) in [5.41, 5.74) is 1.95. The summed E-state index contributed by atoms with van der Waals surface area (Å²) in [6, 6.07) is 10.6. The molecule has 0 unspecified atom stereocenters. The third-order valence-electron chi connectivity index (χ3n) is 4.73. The maximum Gasteiger partial charge on any atom is 0.305 e. The van der Waals surface area contributed by atoms with Crippen LogP contribution in [0.2, 0.25) is 0 Å². The molecule has 0 radical (unpaired) electrons. The van der Waals surface area contributed by atoms with E-state index in [1.54, 1.807) is 13.2 Å². The van der Waals surface area contributed by atoms with Crippen molar-refractivity contribution < 1.29 is 23.8 Å². The van der Waals surface area contributed by atoms with Crippen molar-refractivity contribution in [3.05, 3.63) is 59.7 Å². The van der Waals surface area contributed by atoms with Gasteiger partial charge in [-0.15, -0.1) is 0 Å². The molecule has 0 bridgehead atoms. The minimum Gasteiger partial charge on any atom is -0.463 e. The number of aliphatic hydroxyl groups excluding tert-OH is 1. The fraction of sp³-hybridized carbons (Fsp3) is 0.522. The van der Waals surface area contributed by atoms with E-state index >= 15 is 0 Å². The zero-order valence-electron chi connectivity index (χ0n) is 17.9. The molecular weight excluding hydrogens is 387 g/mol. The molecule has 0 fully saturated rings. The second-order valence-corrected chi connectivity index (χ2v) is 7.43. The predicted molar refractivity (Wildman–Crippen MR) is 114 cm³/mol. The number of methoxy groups -OCH3 is 1. The maximum atomic E-state index is 13.5. The Morgan fingerprint density at radius 2 is 2.13 bits per heavy atom. The van der Waals surface area contributed by atoms with Gasteiger partial charge in [-0.2, -0.15) is 0 Å². The van der Waals surface area contributed by atoms with Gasteiger partial charge in [-0.25, -0.2) is 4.39 Å². The molecule has 0 saturated carbocycles. The Hall–Kier alpha value is -2.22. The van der Waals surface area contributed by atoms with Crippen LogP contribution in [-0.2, 0) is 27.4 Å². The highest BCUT2D eigenvalue weighted by Gasteiger charge is 2.16. The first-order valence-electron chi connectivity index (χ1n) is 10.4. The topological polar surface area (TPSA) is 63.9 Å². The van der Waals surface area contributed by atoms with Crippen molar-refractivity contribution in [2.24, 2.45) is 0 Å². The highest BCUT2D eigenvalue weighted by atomic mass is 19.1. The maximum absolute atomic E-state index is 13.5. The molecule has 0 aliphatic heterocycles. The van der Waals surface area contributed by atoms with Gasteiger partial charge in [0.05, 0.1) is 0 Å². The van der Waals surface area contributed by atoms with Gasteiger partial charge in [0.2, 0.25) is 0 Å². The molecule has 0 amide bonds. The number of hydrogen-bond acceptors (Lipinski definition) is 5. The first-order chi connectivity index (χ1) is 14.5. The van der Waals surface area contributed by atoms with E-state index in [-0.39, 0.29) is 18.4 Å². The van der Waals surface area contributed by atoms with Crippen LogP contribution in [0.1, 0.15) is 37.4 Å². The van der Waals surface area contributed by atoms with Gasteiger partial charge in [0.25, 0.3) is 0 Å². The zero-order valence-corrected chi connectivity index (χ0v) is 17.9. The van der Waals surface area contributed by atoms with Crippen LogP contribution in [0.4, 0.5) is 4.39 Å². The molecule has 1 aromatic carbocycles. The van der Waals surface area contributed by atoms with Crippen molar-refractivity contribution in [3.63, 3.8) is 0 Å². The van der Waals surface area contributed by atoms with Gasteiger partial charge in [0, 0.05) is 58.2 Å². The van der Waals surface area contributed by atoms with Crippen molar-refractivity contribution >= 4 is 5.97 Å². The van der Waals surface area contributed by atoms with Crippen molar-refractivity contribution in [2.45, 2.75) is 45.4 Å². The van der Waals surface area contributed by atoms with Gasteiger partial charge >= 0.3 is 5.97 Å². The normalized spacial score (nSPS) is 12.3. The van der Waals surface area contributed by atoms with Crippen molar-refractivity contribution in [1.82, 2.24) is 9.47 Å². The molecule has 166 valence electrons. The molecule has 1 heterocycles. The lowest BCUT2D eigenvalue weighted by atomic mass is 10.2. The van der Waals surface area contributed by atoms with Gasteiger partial charge in [-0.05, 0) is 42.7 Å². The smallest absolute Gasteiger partial charge is 0.305 e. The van der Waals surface area contributed by atoms with Gasteiger partial charge in [-0.3, -0.25) is 9.69 Å². The number of ether oxygens (including phenoxy) is 2. The summed E-state index contributed by atoms with van der Waals surface area (Å²) < 4.78 is 25.9. The number of hydrogen-bond donors (Lipinski definition) is 1. The summed E-state index contributed by atoms with van der Waals surface area (Å²) >= 11 is 0. The summed E-state index contributed by atoms with van der Waals surface area (Å²) in [4.78, 5) is 13.7. The molecule has 7 heteroatoms. The Morgan fingerprint density at radius 1 is 1.30 bits per heavy atom. The van der Waals surface area contributed by atoms with E-state index in [2.05, 4.69) is 9.47 Å². The molecule has 0 aliphatic rings. The summed E-state index contributed by atoms with van der Waals surface area (Å²) in [6.45, 7) is 4.84. The first-order valence-corrected chi connectivity index (χ1v) is 10.4. The quantitative estimate of drug-likeness (QED) is 0.376. The minimum atomic E-state index is -0.764. The molecule has 1 N–H and O–H groups in total. The van der Waals surface area contributed by atoms with E-state index in [1.807, 2.05) is 31.3 Å². The third-order valence-corrected chi connectivity index (χ3v) is 4.73. The second kappa shape index (κ2) is 13.2. The number of carbonyl (C=O) groups excluding carboxylic acids is 1. The average Bonchev–Trinajstić information content (AvgIpc) is 3.13. The molecule has 0 aliphatic carbocycles. The van der Waals surface area contributed by atoms with E-state index in [9.17, 15) is 14.3 Å². The Labute approximate surface area is 178 Å². The highest BCUT2D eigenvalue weighted by molar-refractivity contribution is 5.69. The fourth-order valence-corrected chi connectivity index (χ4v) is 3.29. The molecular formula is C23H33FN2O4. The third kappa shape index (κ3) is 8.65. The number of aromatic nitrogens is 1. The molecule has 30 heavy (non-hydrogen) atoms. The number of halogens is 1. The number of esters is 1. The molecule has 2 rings (SSSR count). The van der Waals surface area contributed by atoms with E-state index in [4.69, 9.17) is 9.47 Å². The summed E-state index contributed by atoms with van der Waals surface area (Å²) in [5.74, 6) is -0.533. The van der Waals surface area contributed by atoms with Crippen molar-refractivity contribution in [3.8, 4) is 0 Å². The molecule has 0 saturated heterocycles. The van der Waals surface area contributed by atoms with Crippen LogP contribution in [-0.4, -0.2) is 60.1 Å². The fourth-order valence-electron chi connectivity index (χ4n) is 3.29. The standard InChI is InChI=1S/C23H33FN2O4/c1-3-7-23(28)30-18-22(27)17-25(11-6-13-29-2)16-21-10-5-12-26(21)15-19-8-4-9-20(24)14-19/h4-5,8-10,12,14,22,27H,3,6-7,11,13,15-18H2,1-2H3/t22-/m1/s1. The first kappa shape index (κ1) is 24.1. The Kier molecular flexibility index (Phi) is 10.5. The van der Waals surface area contributed by atoms with E-state index in [1.165, 1.54) is 12.1 Å². The number of benzene rings is 1. The molecule has 6 nitrogen and oxygen atoms in total. The van der Waals surface area contributed by atoms with Crippen LogP contribution in [0.5, 0.6) is 0 Å². The van der Waals surface area contributed by atoms with Gasteiger partial charge in [0.15, 0.2) is 0 Å².